The molecule has 1 aliphatic carbocycles. The highest BCUT2D eigenvalue weighted by Gasteiger charge is 2.14. The van der Waals surface area contributed by atoms with E-state index in [0.29, 0.717) is 10.2 Å². The summed E-state index contributed by atoms with van der Waals surface area (Å²) >= 11 is 6.98. The molecule has 2 aromatic carbocycles. The summed E-state index contributed by atoms with van der Waals surface area (Å²) in [6, 6.07) is 15.3. The molecule has 0 saturated heterocycles. The van der Waals surface area contributed by atoms with E-state index in [0.717, 1.165) is 47.6 Å². The summed E-state index contributed by atoms with van der Waals surface area (Å²) in [5.41, 5.74) is 9.57. The Bertz CT molecular complexity index is 1140. The maximum absolute atomic E-state index is 12.0. The third-order valence-electron chi connectivity index (χ3n) is 4.25. The van der Waals surface area contributed by atoms with Gasteiger partial charge in [-0.1, -0.05) is 47.2 Å². The molecule has 1 heterocycles. The summed E-state index contributed by atoms with van der Waals surface area (Å²) < 4.78 is 0.233. The fourth-order valence-electron chi connectivity index (χ4n) is 2.90. The second-order valence-corrected chi connectivity index (χ2v) is 7.59. The lowest BCUT2D eigenvalue weighted by Gasteiger charge is -2.17. The van der Waals surface area contributed by atoms with Crippen LogP contribution in [0.2, 0.25) is 5.02 Å². The van der Waals surface area contributed by atoms with E-state index in [2.05, 4.69) is 43.4 Å². The van der Waals surface area contributed by atoms with E-state index in [9.17, 15) is 4.79 Å². The van der Waals surface area contributed by atoms with Crippen molar-refractivity contribution in [1.82, 2.24) is 10.2 Å². The van der Waals surface area contributed by atoms with Gasteiger partial charge in [-0.2, -0.15) is 10.2 Å². The molecule has 0 radical (unpaired) electrons. The molecule has 3 aromatic rings. The first-order valence-corrected chi connectivity index (χ1v) is 9.94. The van der Waals surface area contributed by atoms with Gasteiger partial charge < -0.3 is 0 Å². The molecule has 3 N–H and O–H groups in total. The van der Waals surface area contributed by atoms with Crippen LogP contribution in [0.3, 0.4) is 0 Å². The van der Waals surface area contributed by atoms with Crippen LogP contribution in [0.25, 0.3) is 0 Å². The van der Waals surface area contributed by atoms with Crippen LogP contribution in [0.4, 0.5) is 10.8 Å². The van der Waals surface area contributed by atoms with Gasteiger partial charge in [-0.15, -0.1) is 5.10 Å². The van der Waals surface area contributed by atoms with Gasteiger partial charge in [0, 0.05) is 10.6 Å². The Hall–Kier alpha value is -2.97. The van der Waals surface area contributed by atoms with Crippen molar-refractivity contribution in [2.24, 2.45) is 10.2 Å². The van der Waals surface area contributed by atoms with Gasteiger partial charge >= 0.3 is 5.56 Å². The Balaban J connectivity index is 1.55. The molecule has 4 rings (SSSR count). The highest BCUT2D eigenvalue weighted by Crippen LogP contribution is 2.21. The zero-order chi connectivity index (χ0) is 19.3. The van der Waals surface area contributed by atoms with Gasteiger partial charge in [-0.25, -0.2) is 5.10 Å². The normalized spacial score (nSPS) is 15.3. The number of rotatable bonds is 4. The number of anilines is 2. The molecule has 0 aliphatic heterocycles. The number of hydrogen-bond donors (Lipinski definition) is 3. The van der Waals surface area contributed by atoms with Crippen molar-refractivity contribution in [1.29, 1.82) is 0 Å². The molecule has 0 saturated carbocycles. The topological polar surface area (TPSA) is 94.5 Å². The number of aryl methyl sites for hydroxylation is 1. The number of aromatic nitrogens is 2. The number of benzene rings is 2. The first kappa shape index (κ1) is 18.4. The summed E-state index contributed by atoms with van der Waals surface area (Å²) in [6.07, 6.45) is 3.02. The zero-order valence-electron chi connectivity index (χ0n) is 14.8. The zero-order valence-corrected chi connectivity index (χ0v) is 16.3. The number of hydrogen-bond acceptors (Lipinski definition) is 7. The first-order chi connectivity index (χ1) is 13.7. The van der Waals surface area contributed by atoms with Crippen LogP contribution in [0, 0.1) is 0 Å². The van der Waals surface area contributed by atoms with Gasteiger partial charge in [0.1, 0.15) is 0 Å². The number of halogens is 1. The van der Waals surface area contributed by atoms with Gasteiger partial charge in [0.05, 0.1) is 11.4 Å². The summed E-state index contributed by atoms with van der Waals surface area (Å²) in [5, 5.41) is 16.2. The molecule has 9 heteroatoms. The fourth-order valence-corrected chi connectivity index (χ4v) is 3.62. The average molecular weight is 413 g/mol. The van der Waals surface area contributed by atoms with E-state index in [1.165, 1.54) is 5.56 Å². The van der Waals surface area contributed by atoms with Crippen molar-refractivity contribution < 1.29 is 0 Å². The van der Waals surface area contributed by atoms with Gasteiger partial charge in [0.15, 0.2) is 0 Å². The number of hydrazone groups is 1. The Labute approximate surface area is 169 Å². The largest absolute Gasteiger partial charge is 0.302 e. The second kappa shape index (κ2) is 8.37. The van der Waals surface area contributed by atoms with Crippen molar-refractivity contribution >= 4 is 39.5 Å². The SMILES string of the molecule is O=c1[nH]nc(N/N=C2\CCCc3ccccc32)s/c1=N\Nc1ccc(Cl)cc1. The predicted molar refractivity (Wildman–Crippen MR) is 113 cm³/mol. The van der Waals surface area contributed by atoms with Crippen molar-refractivity contribution in [3.05, 3.63) is 79.7 Å². The summed E-state index contributed by atoms with van der Waals surface area (Å²) in [6.45, 7) is 0. The van der Waals surface area contributed by atoms with E-state index in [4.69, 9.17) is 11.6 Å². The number of fused-ring (bicyclic) bond motifs is 1. The highest BCUT2D eigenvalue weighted by molar-refractivity contribution is 7.12. The van der Waals surface area contributed by atoms with Crippen LogP contribution in [0.1, 0.15) is 24.0 Å². The van der Waals surface area contributed by atoms with Crippen molar-refractivity contribution in [3.8, 4) is 0 Å². The van der Waals surface area contributed by atoms with E-state index in [1.54, 1.807) is 24.3 Å². The lowest BCUT2D eigenvalue weighted by molar-refractivity contribution is 0.836. The van der Waals surface area contributed by atoms with Crippen LogP contribution >= 0.6 is 22.9 Å². The Morgan fingerprint density at radius 2 is 1.86 bits per heavy atom. The molecule has 142 valence electrons. The lowest BCUT2D eigenvalue weighted by Crippen LogP contribution is -2.27. The van der Waals surface area contributed by atoms with Crippen molar-refractivity contribution in [3.63, 3.8) is 0 Å². The van der Waals surface area contributed by atoms with E-state index < -0.39 is 0 Å². The molecule has 0 amide bonds. The van der Waals surface area contributed by atoms with E-state index >= 15 is 0 Å². The number of nitrogens with one attached hydrogen (secondary N) is 3. The minimum Gasteiger partial charge on any atom is -0.277 e. The summed E-state index contributed by atoms with van der Waals surface area (Å²) in [5.74, 6) is 0. The van der Waals surface area contributed by atoms with Gasteiger partial charge in [-0.05, 0) is 49.1 Å². The molecule has 0 atom stereocenters. The molecule has 0 spiro atoms. The third kappa shape index (κ3) is 4.29. The fraction of sp³-hybridized carbons (Fsp3) is 0.158. The minimum atomic E-state index is -0.382. The average Bonchev–Trinajstić information content (AvgIpc) is 2.73. The lowest BCUT2D eigenvalue weighted by atomic mass is 9.90. The third-order valence-corrected chi connectivity index (χ3v) is 5.35. The molecular formula is C19H17ClN6OS. The van der Waals surface area contributed by atoms with Crippen LogP contribution in [0.15, 0.2) is 63.5 Å². The molecule has 1 aliphatic rings. The van der Waals surface area contributed by atoms with Crippen LogP contribution < -0.4 is 21.1 Å². The van der Waals surface area contributed by atoms with Crippen LogP contribution in [0.5, 0.6) is 0 Å². The van der Waals surface area contributed by atoms with Gasteiger partial charge in [-0.3, -0.25) is 15.6 Å². The molecular weight excluding hydrogens is 396 g/mol. The monoisotopic (exact) mass is 412 g/mol. The maximum atomic E-state index is 12.0. The van der Waals surface area contributed by atoms with Crippen molar-refractivity contribution in [2.75, 3.05) is 10.9 Å². The summed E-state index contributed by atoms with van der Waals surface area (Å²) in [4.78, 5) is 12.0. The molecule has 0 fully saturated rings. The summed E-state index contributed by atoms with van der Waals surface area (Å²) in [7, 11) is 0. The smallest absolute Gasteiger partial charge is 0.277 e. The first-order valence-electron chi connectivity index (χ1n) is 8.75. The van der Waals surface area contributed by atoms with Crippen LogP contribution in [-0.4, -0.2) is 15.9 Å². The van der Waals surface area contributed by atoms with Crippen LogP contribution in [-0.2, 0) is 6.42 Å². The van der Waals surface area contributed by atoms with Gasteiger partial charge in [0.2, 0.25) is 9.80 Å². The number of nitrogens with zero attached hydrogens (tertiary/aromatic N) is 3. The maximum Gasteiger partial charge on any atom is 0.302 e. The second-order valence-electron chi connectivity index (χ2n) is 6.18. The Morgan fingerprint density at radius 1 is 1.04 bits per heavy atom. The number of aromatic amines is 1. The molecule has 7 nitrogen and oxygen atoms in total. The predicted octanol–water partition coefficient (Wildman–Crippen LogP) is 3.57. The minimum absolute atomic E-state index is 0.233. The van der Waals surface area contributed by atoms with E-state index in [1.807, 2.05) is 12.1 Å². The van der Waals surface area contributed by atoms with E-state index in [-0.39, 0.29) is 10.2 Å². The van der Waals surface area contributed by atoms with Gasteiger partial charge in [0.25, 0.3) is 0 Å². The number of H-pyrrole nitrogens is 1. The molecule has 28 heavy (non-hydrogen) atoms. The Morgan fingerprint density at radius 3 is 2.71 bits per heavy atom. The van der Waals surface area contributed by atoms with Crippen molar-refractivity contribution in [2.45, 2.75) is 19.3 Å². The molecule has 0 bridgehead atoms. The molecule has 0 unspecified atom stereocenters. The standard InChI is InChI=1S/C19H17ClN6OS/c20-13-8-10-14(11-9-13)21-24-18-17(27)23-26-19(28-18)25-22-16-7-3-5-12-4-1-2-6-15(12)16/h1-2,4,6,8-11,21H,3,5,7H2,(H,23,27)(H,25,26)/b22-16+,24-18-. The quantitative estimate of drug-likeness (QED) is 0.571. The molecule has 1 aromatic heterocycles. The Kier molecular flexibility index (Phi) is 5.50. The highest BCUT2D eigenvalue weighted by atomic mass is 35.5.